The van der Waals surface area contributed by atoms with Gasteiger partial charge >= 0.3 is 0 Å². The molecule has 4 atom stereocenters. The molecule has 0 saturated heterocycles. The molecule has 4 aromatic rings. The summed E-state index contributed by atoms with van der Waals surface area (Å²) in [5.41, 5.74) is 22.7. The van der Waals surface area contributed by atoms with Crippen LogP contribution in [0.4, 0.5) is 0 Å². The monoisotopic (exact) mass is 760 g/mol. The number of thiophene rings is 4. The third-order valence-corrected chi connectivity index (χ3v) is 13.5. The molecule has 276 valence electrons. The Morgan fingerprint density at radius 2 is 0.980 bits per heavy atom. The lowest BCUT2D eigenvalue weighted by atomic mass is 9.98. The summed E-state index contributed by atoms with van der Waals surface area (Å²) in [6.45, 7) is 15.2. The fraction of sp³-hybridized carbons (Fsp3) is 0.579. The summed E-state index contributed by atoms with van der Waals surface area (Å²) in [6.07, 6.45) is 5.14. The molecule has 0 radical (unpaired) electrons. The van der Waals surface area contributed by atoms with E-state index in [0.29, 0.717) is 13.1 Å². The topological polar surface area (TPSA) is 113 Å². The molecule has 0 aliphatic carbocycles. The molecular weight excluding hydrogens is 705 g/mol. The van der Waals surface area contributed by atoms with Gasteiger partial charge < -0.3 is 41.0 Å². The Morgan fingerprint density at radius 3 is 1.50 bits per heavy atom. The highest BCUT2D eigenvalue weighted by molar-refractivity contribution is 7.12. The summed E-state index contributed by atoms with van der Waals surface area (Å²) in [5, 5.41) is 15.1. The lowest BCUT2D eigenvalue weighted by molar-refractivity contribution is 0.0438. The largest absolute Gasteiger partial charge is 0.372 e. The van der Waals surface area contributed by atoms with Gasteiger partial charge in [0.05, 0.1) is 50.8 Å². The Bertz CT molecular complexity index is 1630. The normalized spacial score (nSPS) is 21.9. The Labute approximate surface area is 314 Å². The molecule has 8 heterocycles. The Hall–Kier alpha value is -1.52. The van der Waals surface area contributed by atoms with Crippen molar-refractivity contribution in [3.05, 3.63) is 85.5 Å². The molecular formula is C38H56N4O4S4. The molecule has 4 unspecified atom stereocenters. The van der Waals surface area contributed by atoms with Crippen LogP contribution < -0.4 is 22.1 Å². The molecule has 0 fully saturated rings. The number of hydrogen-bond acceptors (Lipinski definition) is 12. The fourth-order valence-corrected chi connectivity index (χ4v) is 11.4. The van der Waals surface area contributed by atoms with E-state index in [9.17, 15) is 0 Å². The predicted molar refractivity (Wildman–Crippen MR) is 212 cm³/mol. The summed E-state index contributed by atoms with van der Waals surface area (Å²) < 4.78 is 22.6. The number of rotatable bonds is 6. The lowest BCUT2D eigenvalue weighted by Crippen LogP contribution is -2.25. The average molecular weight is 761 g/mol. The van der Waals surface area contributed by atoms with Crippen molar-refractivity contribution in [2.45, 2.75) is 77.8 Å². The second-order valence-corrected chi connectivity index (χ2v) is 17.3. The predicted octanol–water partition coefficient (Wildman–Crippen LogP) is 7.04. The molecule has 4 aromatic heterocycles. The van der Waals surface area contributed by atoms with Crippen molar-refractivity contribution in [2.75, 3.05) is 66.7 Å². The second kappa shape index (κ2) is 19.5. The number of ether oxygens (including phenoxy) is 4. The minimum Gasteiger partial charge on any atom is -0.372 e. The van der Waals surface area contributed by atoms with Crippen LogP contribution >= 0.6 is 45.3 Å². The van der Waals surface area contributed by atoms with Gasteiger partial charge in [-0.2, -0.15) is 22.7 Å². The van der Waals surface area contributed by atoms with Crippen molar-refractivity contribution in [3.63, 3.8) is 0 Å². The molecule has 12 heteroatoms. The van der Waals surface area contributed by atoms with Crippen LogP contribution in [0.3, 0.4) is 0 Å². The summed E-state index contributed by atoms with van der Waals surface area (Å²) in [6, 6.07) is 0. The maximum atomic E-state index is 5.78. The van der Waals surface area contributed by atoms with Gasteiger partial charge in [-0.3, -0.25) is 0 Å². The fourth-order valence-electron chi connectivity index (χ4n) is 7.25. The van der Waals surface area contributed by atoms with Crippen LogP contribution in [0.1, 0.15) is 88.4 Å². The molecule has 50 heavy (non-hydrogen) atoms. The number of nitrogens with one attached hydrogen (secondary N) is 2. The molecule has 8 rings (SSSR count). The van der Waals surface area contributed by atoms with Gasteiger partial charge in [0, 0.05) is 45.7 Å². The third-order valence-electron chi connectivity index (χ3n) is 9.69. The van der Waals surface area contributed by atoms with Crippen LogP contribution in [0.25, 0.3) is 0 Å². The highest BCUT2D eigenvalue weighted by Crippen LogP contribution is 2.38. The first kappa shape index (κ1) is 39.7. The van der Waals surface area contributed by atoms with E-state index in [1.54, 1.807) is 28.2 Å². The Morgan fingerprint density at radius 1 is 0.560 bits per heavy atom. The van der Waals surface area contributed by atoms with E-state index in [4.69, 9.17) is 30.4 Å². The van der Waals surface area contributed by atoms with E-state index in [2.05, 4.69) is 59.8 Å². The molecule has 0 saturated carbocycles. The van der Waals surface area contributed by atoms with Gasteiger partial charge in [-0.05, 0) is 134 Å². The van der Waals surface area contributed by atoms with Crippen molar-refractivity contribution in [1.82, 2.24) is 10.6 Å². The van der Waals surface area contributed by atoms with Crippen molar-refractivity contribution in [2.24, 2.45) is 11.5 Å². The molecule has 6 N–H and O–H groups in total. The first-order chi connectivity index (χ1) is 24.3. The lowest BCUT2D eigenvalue weighted by Gasteiger charge is -2.24. The zero-order valence-corrected chi connectivity index (χ0v) is 33.8. The number of nitrogens with two attached hydrogens (primary N) is 2. The van der Waals surface area contributed by atoms with Gasteiger partial charge in [0.1, 0.15) is 0 Å². The SMILES string of the molecule is CNCC1OCCc2c(C)sc(C)c21.CNCC1OCCc2cscc21.Cc1sc(C)c2c1CCOC2CN.NCC1OCCc2cscc21. The summed E-state index contributed by atoms with van der Waals surface area (Å²) in [5.74, 6) is 0. The maximum Gasteiger partial charge on any atom is 0.0962 e. The molecule has 4 aliphatic rings. The second-order valence-electron chi connectivity index (χ2n) is 12.9. The van der Waals surface area contributed by atoms with Crippen LogP contribution in [0.15, 0.2) is 21.5 Å². The molecule has 0 aromatic carbocycles. The van der Waals surface area contributed by atoms with Gasteiger partial charge in [0.2, 0.25) is 0 Å². The van der Waals surface area contributed by atoms with E-state index in [1.807, 2.05) is 36.8 Å². The van der Waals surface area contributed by atoms with E-state index in [-0.39, 0.29) is 24.4 Å². The highest BCUT2D eigenvalue weighted by Gasteiger charge is 2.26. The first-order valence-electron chi connectivity index (χ1n) is 17.7. The van der Waals surface area contributed by atoms with Crippen molar-refractivity contribution in [1.29, 1.82) is 0 Å². The van der Waals surface area contributed by atoms with Gasteiger partial charge in [-0.15, -0.1) is 22.7 Å². The van der Waals surface area contributed by atoms with E-state index in [1.165, 1.54) is 58.5 Å². The van der Waals surface area contributed by atoms with Crippen LogP contribution in [0, 0.1) is 27.7 Å². The molecule has 0 bridgehead atoms. The maximum absolute atomic E-state index is 5.78. The zero-order chi connectivity index (χ0) is 35.6. The molecule has 4 aliphatic heterocycles. The van der Waals surface area contributed by atoms with Crippen molar-refractivity contribution < 1.29 is 18.9 Å². The van der Waals surface area contributed by atoms with Gasteiger partial charge in [0.25, 0.3) is 0 Å². The summed E-state index contributed by atoms with van der Waals surface area (Å²) >= 11 is 7.29. The van der Waals surface area contributed by atoms with Gasteiger partial charge in [-0.25, -0.2) is 0 Å². The average Bonchev–Trinajstić information content (AvgIpc) is 3.93. The standard InChI is InChI=1S/C11H17NOS.C10H15NOS.C9H13NOS.C8H11NOS/c1-7-9-4-5-13-10(6-12-3)11(9)8(2)14-7;1-6-8-3-4-12-9(5-11)10(8)7(2)13-6;1-10-4-9-8-6-12-5-7(8)2-3-11-9;9-3-8-7-5-11-4-6(7)1-2-10-8/h10,12H,4-6H2,1-3H3;9H,3-5,11H2,1-2H3;5-6,9-10H,2-4H2,1H3;4-5,8H,1-3,9H2. The number of fused-ring (bicyclic) bond motifs is 4. The minimum atomic E-state index is 0.147. The van der Waals surface area contributed by atoms with Crippen molar-refractivity contribution in [3.8, 4) is 0 Å². The molecule has 0 amide bonds. The number of hydrogen-bond donors (Lipinski definition) is 4. The summed E-state index contributed by atoms with van der Waals surface area (Å²) in [7, 11) is 3.94. The van der Waals surface area contributed by atoms with Crippen LogP contribution in [0.5, 0.6) is 0 Å². The third kappa shape index (κ3) is 9.52. The summed E-state index contributed by atoms with van der Waals surface area (Å²) in [4.78, 5) is 5.72. The van der Waals surface area contributed by atoms with Crippen molar-refractivity contribution >= 4 is 45.3 Å². The molecule has 8 nitrogen and oxygen atoms in total. The van der Waals surface area contributed by atoms with Crippen LogP contribution in [-0.2, 0) is 44.6 Å². The first-order valence-corrected chi connectivity index (χ1v) is 21.3. The van der Waals surface area contributed by atoms with Crippen LogP contribution in [-0.4, -0.2) is 66.7 Å². The highest BCUT2D eigenvalue weighted by atomic mass is 32.1. The smallest absolute Gasteiger partial charge is 0.0962 e. The van der Waals surface area contributed by atoms with Gasteiger partial charge in [0.15, 0.2) is 0 Å². The Balaban J connectivity index is 0.000000130. The van der Waals surface area contributed by atoms with Crippen LogP contribution in [0.2, 0.25) is 0 Å². The Kier molecular flexibility index (Phi) is 15.5. The van der Waals surface area contributed by atoms with Gasteiger partial charge in [-0.1, -0.05) is 0 Å². The van der Waals surface area contributed by atoms with E-state index >= 15 is 0 Å². The number of aryl methyl sites for hydroxylation is 4. The van der Waals surface area contributed by atoms with E-state index in [0.717, 1.165) is 65.2 Å². The zero-order valence-electron chi connectivity index (χ0n) is 30.5. The minimum absolute atomic E-state index is 0.147. The molecule has 0 spiro atoms. The quantitative estimate of drug-likeness (QED) is 0.166. The van der Waals surface area contributed by atoms with E-state index < -0.39 is 0 Å². The number of likely N-dealkylation sites (N-methyl/N-ethyl adjacent to an activating group) is 2.